The number of aryl methyl sites for hydroxylation is 1. The van der Waals surface area contributed by atoms with E-state index in [0.29, 0.717) is 30.2 Å². The van der Waals surface area contributed by atoms with Crippen LogP contribution >= 0.6 is 12.6 Å². The standard InChI is InChI=1S/C25H24F3N3O3.C5H12O.C2H6.CH4S/c1-14-10-16(8-9-30-15(2)13-32)11-21(28)23(14)31-22(33)7-6-19(25(31)29-3)24(34)18-5-4-17(26)12-20(18)27;1-5(2,3)6-4;2*1-2/h4-7,10-13,15,29-30H,8-9H2,1-3H3;1-4H3;1-2H3;2H,1H3/t15-;;;/m0.../s1. The fraction of sp³-hybridized carbons (Fsp3) is 0.424. The molecule has 3 aromatic rings. The number of halogens is 3. The van der Waals surface area contributed by atoms with Crippen LogP contribution in [0.4, 0.5) is 19.0 Å². The summed E-state index contributed by atoms with van der Waals surface area (Å²) in [5.41, 5.74) is 0.0205. The highest BCUT2D eigenvalue weighted by Gasteiger charge is 2.23. The van der Waals surface area contributed by atoms with Gasteiger partial charge in [-0.1, -0.05) is 19.9 Å². The smallest absolute Gasteiger partial charge is 0.256 e. The predicted octanol–water partition coefficient (Wildman–Crippen LogP) is 6.56. The Morgan fingerprint density at radius 2 is 1.59 bits per heavy atom. The summed E-state index contributed by atoms with van der Waals surface area (Å²) in [4.78, 5) is 36.5. The Morgan fingerprint density at radius 1 is 1.02 bits per heavy atom. The van der Waals surface area contributed by atoms with Crippen molar-refractivity contribution in [1.82, 2.24) is 9.88 Å². The number of hydrogen-bond donors (Lipinski definition) is 3. The Morgan fingerprint density at radius 3 is 2.07 bits per heavy atom. The van der Waals surface area contributed by atoms with Crippen molar-refractivity contribution in [3.63, 3.8) is 0 Å². The molecule has 7 nitrogen and oxygen atoms in total. The van der Waals surface area contributed by atoms with Crippen LogP contribution < -0.4 is 16.2 Å². The zero-order valence-electron chi connectivity index (χ0n) is 27.3. The molecular weight excluding hydrogens is 591 g/mol. The van der Waals surface area contributed by atoms with Gasteiger partial charge in [0, 0.05) is 26.3 Å². The van der Waals surface area contributed by atoms with E-state index in [1.54, 1.807) is 33.3 Å². The van der Waals surface area contributed by atoms with Crippen LogP contribution in [0.1, 0.15) is 68.6 Å². The van der Waals surface area contributed by atoms with Gasteiger partial charge in [-0.3, -0.25) is 14.2 Å². The van der Waals surface area contributed by atoms with Gasteiger partial charge >= 0.3 is 0 Å². The number of methoxy groups -OCH3 is 1. The fourth-order valence-electron chi connectivity index (χ4n) is 3.74. The summed E-state index contributed by atoms with van der Waals surface area (Å²) in [6.45, 7) is 13.9. The summed E-state index contributed by atoms with van der Waals surface area (Å²) in [5.74, 6) is -3.39. The van der Waals surface area contributed by atoms with Crippen molar-refractivity contribution >= 4 is 30.5 Å². The minimum absolute atomic E-state index is 0.0301. The highest BCUT2D eigenvalue weighted by Crippen LogP contribution is 2.27. The number of anilines is 1. The Kier molecular flexibility index (Phi) is 18.3. The normalized spacial score (nSPS) is 11.0. The van der Waals surface area contributed by atoms with E-state index >= 15 is 4.39 Å². The van der Waals surface area contributed by atoms with E-state index in [1.165, 1.54) is 19.2 Å². The van der Waals surface area contributed by atoms with Gasteiger partial charge in [-0.05, 0) is 89.2 Å². The first-order valence-electron chi connectivity index (χ1n) is 14.2. The largest absolute Gasteiger partial charge is 0.379 e. The molecule has 2 aromatic carbocycles. The highest BCUT2D eigenvalue weighted by molar-refractivity contribution is 7.79. The number of carbonyl (C=O) groups is 2. The molecular formula is C33H46F3N3O4S. The average molecular weight is 638 g/mol. The van der Waals surface area contributed by atoms with Gasteiger partial charge in [0.2, 0.25) is 0 Å². The zero-order valence-corrected chi connectivity index (χ0v) is 28.2. The number of thiol groups is 1. The van der Waals surface area contributed by atoms with Crippen LogP contribution in [0.3, 0.4) is 0 Å². The lowest BCUT2D eigenvalue weighted by Crippen LogP contribution is -2.29. The van der Waals surface area contributed by atoms with E-state index < -0.39 is 28.8 Å². The summed E-state index contributed by atoms with van der Waals surface area (Å²) >= 11 is 3.53. The maximum Gasteiger partial charge on any atom is 0.256 e. The molecule has 244 valence electrons. The van der Waals surface area contributed by atoms with E-state index in [-0.39, 0.29) is 34.3 Å². The number of aromatic nitrogens is 1. The van der Waals surface area contributed by atoms with Crippen molar-refractivity contribution < 1.29 is 27.5 Å². The number of rotatable bonds is 9. The Labute approximate surface area is 264 Å². The molecule has 0 saturated carbocycles. The molecule has 11 heteroatoms. The Hall–Kier alpha value is -3.41. The van der Waals surface area contributed by atoms with Gasteiger partial charge in [0.1, 0.15) is 29.6 Å². The molecule has 2 N–H and O–H groups in total. The van der Waals surface area contributed by atoms with E-state index in [2.05, 4.69) is 23.3 Å². The molecule has 1 aromatic heterocycles. The lowest BCUT2D eigenvalue weighted by atomic mass is 10.0. The number of nitrogens with one attached hydrogen (secondary N) is 2. The van der Waals surface area contributed by atoms with Gasteiger partial charge < -0.3 is 20.2 Å². The number of ether oxygens (including phenoxy) is 1. The number of pyridine rings is 1. The zero-order chi connectivity index (χ0) is 34.2. The van der Waals surface area contributed by atoms with Crippen LogP contribution in [0.5, 0.6) is 0 Å². The second-order valence-electron chi connectivity index (χ2n) is 10.2. The van der Waals surface area contributed by atoms with Crippen LogP contribution in [-0.2, 0) is 16.0 Å². The van der Waals surface area contributed by atoms with Gasteiger partial charge in [-0.25, -0.2) is 13.2 Å². The molecule has 0 saturated heterocycles. The molecule has 0 fully saturated rings. The summed E-state index contributed by atoms with van der Waals surface area (Å²) in [6, 6.07) is 7.55. The predicted molar refractivity (Wildman–Crippen MR) is 176 cm³/mol. The maximum absolute atomic E-state index is 15.3. The van der Waals surface area contributed by atoms with Crippen LogP contribution in [0, 0.1) is 24.4 Å². The minimum Gasteiger partial charge on any atom is -0.379 e. The van der Waals surface area contributed by atoms with Crippen molar-refractivity contribution in [2.75, 3.05) is 32.3 Å². The van der Waals surface area contributed by atoms with Crippen molar-refractivity contribution in [3.05, 3.63) is 92.5 Å². The summed E-state index contributed by atoms with van der Waals surface area (Å²) in [5, 5.41) is 5.73. The Bertz CT molecular complexity index is 1400. The second-order valence-corrected chi connectivity index (χ2v) is 10.2. The first kappa shape index (κ1) is 40.6. The number of carbonyl (C=O) groups excluding carboxylic acids is 2. The van der Waals surface area contributed by atoms with Gasteiger partial charge in [-0.2, -0.15) is 12.6 Å². The summed E-state index contributed by atoms with van der Waals surface area (Å²) in [6.07, 6.45) is 2.92. The van der Waals surface area contributed by atoms with Crippen molar-refractivity contribution in [3.8, 4) is 5.69 Å². The molecule has 0 unspecified atom stereocenters. The van der Waals surface area contributed by atoms with E-state index in [9.17, 15) is 23.2 Å². The van der Waals surface area contributed by atoms with Gasteiger partial charge in [0.15, 0.2) is 5.78 Å². The number of ketones is 1. The third-order valence-electron chi connectivity index (χ3n) is 5.98. The van der Waals surface area contributed by atoms with Crippen LogP contribution in [0.2, 0.25) is 0 Å². The lowest BCUT2D eigenvalue weighted by molar-refractivity contribution is -0.109. The number of hydrogen-bond acceptors (Lipinski definition) is 7. The first-order valence-corrected chi connectivity index (χ1v) is 15.0. The van der Waals surface area contributed by atoms with Crippen LogP contribution in [0.25, 0.3) is 5.69 Å². The van der Waals surface area contributed by atoms with Crippen LogP contribution in [0.15, 0.2) is 47.3 Å². The number of nitrogens with zero attached hydrogens (tertiary/aromatic N) is 1. The maximum atomic E-state index is 15.3. The van der Waals surface area contributed by atoms with Gasteiger partial charge in [0.05, 0.1) is 28.5 Å². The molecule has 1 atom stereocenters. The third-order valence-corrected chi connectivity index (χ3v) is 5.98. The van der Waals surface area contributed by atoms with Crippen molar-refractivity contribution in [1.29, 1.82) is 0 Å². The Balaban J connectivity index is 0.00000163. The molecule has 1 heterocycles. The highest BCUT2D eigenvalue weighted by atomic mass is 32.1. The molecule has 0 bridgehead atoms. The molecule has 0 aliphatic carbocycles. The first-order chi connectivity index (χ1) is 20.7. The van der Waals surface area contributed by atoms with Crippen LogP contribution in [-0.4, -0.2) is 55.2 Å². The van der Waals surface area contributed by atoms with Crippen molar-refractivity contribution in [2.24, 2.45) is 0 Å². The number of benzene rings is 2. The topological polar surface area (TPSA) is 89.4 Å². The summed E-state index contributed by atoms with van der Waals surface area (Å²) in [7, 11) is 3.16. The van der Waals surface area contributed by atoms with E-state index in [4.69, 9.17) is 4.74 Å². The molecule has 0 spiro atoms. The second kappa shape index (κ2) is 19.8. The minimum atomic E-state index is -1.05. The van der Waals surface area contributed by atoms with E-state index in [0.717, 1.165) is 29.1 Å². The fourth-order valence-corrected chi connectivity index (χ4v) is 3.74. The lowest BCUT2D eigenvalue weighted by Gasteiger charge is -2.19. The van der Waals surface area contributed by atoms with Gasteiger partial charge in [0.25, 0.3) is 5.56 Å². The molecule has 3 rings (SSSR count). The van der Waals surface area contributed by atoms with E-state index in [1.807, 2.05) is 34.6 Å². The molecule has 44 heavy (non-hydrogen) atoms. The van der Waals surface area contributed by atoms with Gasteiger partial charge in [-0.15, -0.1) is 0 Å². The molecule has 0 aliphatic rings. The van der Waals surface area contributed by atoms with Crippen molar-refractivity contribution in [2.45, 2.75) is 66.5 Å². The SMILES string of the molecule is CC.CNc1c(C(=O)c2ccc(F)cc2F)ccc(=O)n1-c1c(C)cc(CCN[C@@H](C)C=O)cc1F.COC(C)(C)C.CS. The monoisotopic (exact) mass is 637 g/mol. The summed E-state index contributed by atoms with van der Waals surface area (Å²) < 4.78 is 48.7. The third kappa shape index (κ3) is 11.9. The molecule has 0 aliphatic heterocycles. The molecule has 0 amide bonds. The quantitative estimate of drug-likeness (QED) is 0.140. The molecule has 0 radical (unpaired) electrons. The number of aldehydes is 1. The average Bonchev–Trinajstić information content (AvgIpc) is 2.99.